The summed E-state index contributed by atoms with van der Waals surface area (Å²) >= 11 is 4.91. The summed E-state index contributed by atoms with van der Waals surface area (Å²) in [5, 5.41) is 0. The largest absolute Gasteiger partial charge is 0.388 e. The lowest BCUT2D eigenvalue weighted by molar-refractivity contribution is 0.720. The highest BCUT2D eigenvalue weighted by atomic mass is 32.1. The quantitative estimate of drug-likeness (QED) is 0.765. The van der Waals surface area contributed by atoms with Crippen LogP contribution in [-0.4, -0.2) is 28.0 Å². The highest BCUT2D eigenvalue weighted by Crippen LogP contribution is 2.09. The Morgan fingerprint density at radius 2 is 2.00 bits per heavy atom. The molecule has 0 aliphatic rings. The van der Waals surface area contributed by atoms with Crippen LogP contribution in [0.1, 0.15) is 32.4 Å². The van der Waals surface area contributed by atoms with Crippen molar-refractivity contribution in [3.8, 4) is 0 Å². The van der Waals surface area contributed by atoms with Crippen molar-refractivity contribution in [3.63, 3.8) is 0 Å². The van der Waals surface area contributed by atoms with Gasteiger partial charge < -0.3 is 10.6 Å². The third-order valence-electron chi connectivity index (χ3n) is 2.17. The second-order valence-electron chi connectivity index (χ2n) is 3.59. The lowest BCUT2D eigenvalue weighted by Gasteiger charge is -2.21. The van der Waals surface area contributed by atoms with Crippen LogP contribution in [0.3, 0.4) is 0 Å². The van der Waals surface area contributed by atoms with E-state index in [4.69, 9.17) is 18.0 Å². The summed E-state index contributed by atoms with van der Waals surface area (Å²) in [4.78, 5) is 11.1. The van der Waals surface area contributed by atoms with Crippen molar-refractivity contribution < 1.29 is 0 Å². The molecule has 1 aromatic heterocycles. The number of aromatic nitrogens is 2. The fraction of sp³-hybridized carbons (Fsp3) is 0.545. The van der Waals surface area contributed by atoms with Crippen LogP contribution in [0.2, 0.25) is 0 Å². The van der Waals surface area contributed by atoms with Gasteiger partial charge >= 0.3 is 0 Å². The molecule has 16 heavy (non-hydrogen) atoms. The van der Waals surface area contributed by atoms with E-state index in [1.807, 2.05) is 0 Å². The van der Waals surface area contributed by atoms with E-state index >= 15 is 0 Å². The predicted molar refractivity (Wildman–Crippen MR) is 70.7 cm³/mol. The van der Waals surface area contributed by atoms with Crippen molar-refractivity contribution in [2.24, 2.45) is 5.73 Å². The normalized spacial score (nSPS) is 10.1. The van der Waals surface area contributed by atoms with E-state index in [-0.39, 0.29) is 0 Å². The Morgan fingerprint density at radius 1 is 1.38 bits per heavy atom. The van der Waals surface area contributed by atoms with Crippen LogP contribution in [0.4, 0.5) is 5.95 Å². The monoisotopic (exact) mass is 238 g/mol. The molecule has 0 aromatic carbocycles. The molecule has 0 saturated carbocycles. The number of hydrogen-bond acceptors (Lipinski definition) is 4. The van der Waals surface area contributed by atoms with Crippen LogP contribution in [0.5, 0.6) is 0 Å². The van der Waals surface area contributed by atoms with Crippen molar-refractivity contribution in [1.82, 2.24) is 9.97 Å². The van der Waals surface area contributed by atoms with Crippen molar-refractivity contribution in [2.75, 3.05) is 18.0 Å². The summed E-state index contributed by atoms with van der Waals surface area (Å²) in [6.07, 6.45) is 3.84. The first-order valence-corrected chi connectivity index (χ1v) is 5.97. The van der Waals surface area contributed by atoms with Gasteiger partial charge in [0, 0.05) is 19.3 Å². The molecular formula is C11H18N4S. The fourth-order valence-corrected chi connectivity index (χ4v) is 1.60. The highest BCUT2D eigenvalue weighted by Gasteiger charge is 2.08. The molecule has 1 heterocycles. The zero-order valence-corrected chi connectivity index (χ0v) is 10.6. The first kappa shape index (κ1) is 12.8. The van der Waals surface area contributed by atoms with Crippen LogP contribution in [0, 0.1) is 0 Å². The van der Waals surface area contributed by atoms with Gasteiger partial charge in [-0.2, -0.15) is 0 Å². The maximum Gasteiger partial charge on any atom is 0.225 e. The first-order chi connectivity index (χ1) is 7.69. The van der Waals surface area contributed by atoms with Crippen molar-refractivity contribution >= 4 is 23.2 Å². The standard InChI is InChI=1S/C11H18N4S/c1-3-7-15(8-4-2)11-13-6-5-9(14-11)10(12)16/h5-6H,3-4,7-8H2,1-2H3,(H2,12,16). The van der Waals surface area contributed by atoms with Gasteiger partial charge in [-0.15, -0.1) is 0 Å². The van der Waals surface area contributed by atoms with Gasteiger partial charge in [-0.05, 0) is 18.9 Å². The minimum Gasteiger partial charge on any atom is -0.388 e. The Labute approximate surface area is 102 Å². The molecule has 0 atom stereocenters. The van der Waals surface area contributed by atoms with Gasteiger partial charge in [-0.25, -0.2) is 9.97 Å². The molecule has 0 saturated heterocycles. The Hall–Kier alpha value is -1.23. The molecule has 1 rings (SSSR count). The Morgan fingerprint density at radius 3 is 2.50 bits per heavy atom. The summed E-state index contributed by atoms with van der Waals surface area (Å²) in [5.74, 6) is 0.717. The number of nitrogens with zero attached hydrogens (tertiary/aromatic N) is 3. The summed E-state index contributed by atoms with van der Waals surface area (Å²) in [5.41, 5.74) is 6.19. The van der Waals surface area contributed by atoms with Crippen LogP contribution in [0.25, 0.3) is 0 Å². The molecule has 0 bridgehead atoms. The minimum absolute atomic E-state index is 0.316. The van der Waals surface area contributed by atoms with E-state index in [2.05, 4.69) is 28.7 Å². The number of thiocarbonyl (C=S) groups is 1. The van der Waals surface area contributed by atoms with Crippen LogP contribution in [0.15, 0.2) is 12.3 Å². The zero-order valence-electron chi connectivity index (χ0n) is 9.81. The van der Waals surface area contributed by atoms with E-state index in [0.29, 0.717) is 16.6 Å². The molecule has 0 aliphatic heterocycles. The summed E-state index contributed by atoms with van der Waals surface area (Å²) in [6.45, 7) is 6.18. The molecule has 2 N–H and O–H groups in total. The van der Waals surface area contributed by atoms with Crippen LogP contribution >= 0.6 is 12.2 Å². The Kier molecular flexibility index (Phi) is 5.11. The van der Waals surface area contributed by atoms with Gasteiger partial charge in [-0.3, -0.25) is 0 Å². The van der Waals surface area contributed by atoms with Crippen molar-refractivity contribution in [1.29, 1.82) is 0 Å². The van der Waals surface area contributed by atoms with E-state index in [9.17, 15) is 0 Å². The second-order valence-corrected chi connectivity index (χ2v) is 4.03. The average molecular weight is 238 g/mol. The van der Waals surface area contributed by atoms with E-state index < -0.39 is 0 Å². The molecule has 0 aliphatic carbocycles. The number of anilines is 1. The third kappa shape index (κ3) is 3.41. The van der Waals surface area contributed by atoms with Gasteiger partial charge in [0.15, 0.2) is 0 Å². The Balaban J connectivity index is 2.90. The van der Waals surface area contributed by atoms with E-state index in [0.717, 1.165) is 25.9 Å². The van der Waals surface area contributed by atoms with Gasteiger partial charge in [0.2, 0.25) is 5.95 Å². The molecule has 0 amide bonds. The Bertz CT molecular complexity index is 348. The summed E-state index contributed by atoms with van der Waals surface area (Å²) < 4.78 is 0. The molecule has 4 nitrogen and oxygen atoms in total. The molecule has 0 radical (unpaired) electrons. The van der Waals surface area contributed by atoms with E-state index in [1.54, 1.807) is 12.3 Å². The SMILES string of the molecule is CCCN(CCC)c1nccc(C(N)=S)n1. The molecule has 0 unspecified atom stereocenters. The van der Waals surface area contributed by atoms with Gasteiger partial charge in [-0.1, -0.05) is 26.1 Å². The number of nitrogens with two attached hydrogens (primary N) is 1. The minimum atomic E-state index is 0.316. The lowest BCUT2D eigenvalue weighted by Crippen LogP contribution is -2.27. The van der Waals surface area contributed by atoms with Gasteiger partial charge in [0.25, 0.3) is 0 Å². The maximum atomic E-state index is 5.55. The highest BCUT2D eigenvalue weighted by molar-refractivity contribution is 7.80. The second kappa shape index (κ2) is 6.37. The van der Waals surface area contributed by atoms with E-state index in [1.165, 1.54) is 0 Å². The van der Waals surface area contributed by atoms with Crippen LogP contribution in [-0.2, 0) is 0 Å². The molecule has 5 heteroatoms. The zero-order chi connectivity index (χ0) is 12.0. The number of hydrogen-bond donors (Lipinski definition) is 1. The van der Waals surface area contributed by atoms with Crippen molar-refractivity contribution in [2.45, 2.75) is 26.7 Å². The van der Waals surface area contributed by atoms with Crippen LogP contribution < -0.4 is 10.6 Å². The molecule has 88 valence electrons. The lowest BCUT2D eigenvalue weighted by atomic mass is 10.3. The fourth-order valence-electron chi connectivity index (χ4n) is 1.49. The molecule has 0 fully saturated rings. The average Bonchev–Trinajstić information content (AvgIpc) is 2.29. The summed E-state index contributed by atoms with van der Waals surface area (Å²) in [6, 6.07) is 1.74. The number of rotatable bonds is 6. The van der Waals surface area contributed by atoms with Gasteiger partial charge in [0.1, 0.15) is 10.7 Å². The maximum absolute atomic E-state index is 5.55. The third-order valence-corrected chi connectivity index (χ3v) is 2.37. The predicted octanol–water partition coefficient (Wildman–Crippen LogP) is 1.74. The van der Waals surface area contributed by atoms with Gasteiger partial charge in [0.05, 0.1) is 0 Å². The first-order valence-electron chi connectivity index (χ1n) is 5.56. The molecule has 0 spiro atoms. The topological polar surface area (TPSA) is 55.0 Å². The molecule has 1 aromatic rings. The summed E-state index contributed by atoms with van der Waals surface area (Å²) in [7, 11) is 0. The molecular weight excluding hydrogens is 220 g/mol. The van der Waals surface area contributed by atoms with Crippen molar-refractivity contribution in [3.05, 3.63) is 18.0 Å². The smallest absolute Gasteiger partial charge is 0.225 e.